The van der Waals surface area contributed by atoms with Crippen molar-refractivity contribution in [1.29, 1.82) is 0 Å². The van der Waals surface area contributed by atoms with Crippen molar-refractivity contribution in [3.8, 4) is 0 Å². The van der Waals surface area contributed by atoms with Gasteiger partial charge in [-0.2, -0.15) is 0 Å². The second kappa shape index (κ2) is 9.71. The molecule has 4 nitrogen and oxygen atoms in total. The number of nitrogens with zero attached hydrogens (tertiary/aromatic N) is 2. The molecule has 1 fully saturated rings. The Hall–Kier alpha value is -1.37. The van der Waals surface area contributed by atoms with Crippen LogP contribution in [0.1, 0.15) is 48.3 Å². The molecule has 146 valence electrons. The Morgan fingerprint density at radius 3 is 2.67 bits per heavy atom. The monoisotopic (exact) mass is 403 g/mol. The van der Waals surface area contributed by atoms with E-state index in [-0.39, 0.29) is 5.91 Å². The number of benzene rings is 1. The zero-order valence-corrected chi connectivity index (χ0v) is 18.0. The van der Waals surface area contributed by atoms with Crippen molar-refractivity contribution in [1.82, 2.24) is 15.2 Å². The molecular weight excluding hydrogens is 374 g/mol. The van der Waals surface area contributed by atoms with E-state index in [1.165, 1.54) is 18.4 Å². The fraction of sp³-hybridized carbons (Fsp3) is 0.524. The van der Waals surface area contributed by atoms with Crippen molar-refractivity contribution in [2.45, 2.75) is 49.7 Å². The van der Waals surface area contributed by atoms with Crippen LogP contribution in [0.15, 0.2) is 34.0 Å². The number of nitrogens with one attached hydrogen (secondary N) is 1. The Balaban J connectivity index is 1.44. The first-order chi connectivity index (χ1) is 13.0. The summed E-state index contributed by atoms with van der Waals surface area (Å²) >= 11 is 3.42. The summed E-state index contributed by atoms with van der Waals surface area (Å²) in [5, 5.41) is 5.16. The van der Waals surface area contributed by atoms with Gasteiger partial charge in [-0.25, -0.2) is 4.98 Å². The lowest BCUT2D eigenvalue weighted by molar-refractivity contribution is 0.0921. The van der Waals surface area contributed by atoms with Gasteiger partial charge in [-0.05, 0) is 63.4 Å². The molecular formula is C21H29N3OS2. The maximum Gasteiger partial charge on any atom is 0.251 e. The number of hydrogen-bond donors (Lipinski definition) is 1. The van der Waals surface area contributed by atoms with Crippen LogP contribution < -0.4 is 5.32 Å². The number of thiazole rings is 1. The van der Waals surface area contributed by atoms with Crippen LogP contribution in [0.4, 0.5) is 0 Å². The van der Waals surface area contributed by atoms with E-state index < -0.39 is 0 Å². The molecule has 3 rings (SSSR count). The predicted octanol–water partition coefficient (Wildman–Crippen LogP) is 4.59. The number of carbonyl (C=O) groups is 1. The second-order valence-electron chi connectivity index (χ2n) is 7.52. The van der Waals surface area contributed by atoms with Crippen molar-refractivity contribution in [2.75, 3.05) is 19.6 Å². The van der Waals surface area contributed by atoms with Crippen LogP contribution >= 0.6 is 23.1 Å². The zero-order valence-electron chi connectivity index (χ0n) is 16.4. The number of thioether (sulfide) groups is 1. The summed E-state index contributed by atoms with van der Waals surface area (Å²) in [5.74, 6) is 1.72. The number of carbonyl (C=O) groups excluding carboxylic acids is 1. The van der Waals surface area contributed by atoms with Gasteiger partial charge in [0.05, 0.1) is 0 Å². The molecule has 2 heterocycles. The van der Waals surface area contributed by atoms with Crippen LogP contribution in [0.2, 0.25) is 0 Å². The van der Waals surface area contributed by atoms with E-state index in [0.717, 1.165) is 40.4 Å². The summed E-state index contributed by atoms with van der Waals surface area (Å²) in [6, 6.07) is 8.31. The van der Waals surface area contributed by atoms with Crippen molar-refractivity contribution < 1.29 is 4.79 Å². The number of hydrogen-bond acceptors (Lipinski definition) is 5. The largest absolute Gasteiger partial charge is 0.350 e. The molecule has 0 radical (unpaired) electrons. The molecule has 0 bridgehead atoms. The number of rotatable bonds is 7. The molecule has 1 aromatic carbocycles. The third-order valence-electron chi connectivity index (χ3n) is 5.18. The zero-order chi connectivity index (χ0) is 19.2. The molecule has 0 saturated carbocycles. The van der Waals surface area contributed by atoms with Gasteiger partial charge in [-0.15, -0.1) is 11.3 Å². The van der Waals surface area contributed by atoms with Gasteiger partial charge < -0.3 is 5.32 Å². The lowest BCUT2D eigenvalue weighted by Crippen LogP contribution is -2.45. The van der Waals surface area contributed by atoms with E-state index in [1.807, 2.05) is 31.2 Å². The summed E-state index contributed by atoms with van der Waals surface area (Å²) in [7, 11) is 0. The van der Waals surface area contributed by atoms with E-state index in [0.29, 0.717) is 12.6 Å². The predicted molar refractivity (Wildman–Crippen MR) is 115 cm³/mol. The molecule has 0 spiro atoms. The van der Waals surface area contributed by atoms with Gasteiger partial charge in [0, 0.05) is 35.0 Å². The minimum Gasteiger partial charge on any atom is -0.350 e. The Morgan fingerprint density at radius 1 is 1.33 bits per heavy atom. The maximum absolute atomic E-state index is 12.4. The van der Waals surface area contributed by atoms with E-state index in [4.69, 9.17) is 0 Å². The molecule has 1 unspecified atom stereocenters. The molecule has 2 aromatic rings. The van der Waals surface area contributed by atoms with Crippen LogP contribution in [0.3, 0.4) is 0 Å². The molecule has 1 N–H and O–H groups in total. The molecule has 27 heavy (non-hydrogen) atoms. The van der Waals surface area contributed by atoms with Crippen molar-refractivity contribution in [2.24, 2.45) is 5.92 Å². The fourth-order valence-electron chi connectivity index (χ4n) is 3.24. The topological polar surface area (TPSA) is 45.2 Å². The summed E-state index contributed by atoms with van der Waals surface area (Å²) in [6.45, 7) is 9.53. The SMILES string of the molecule is Cc1csc(SCc2ccc(C(=O)NCC(C)N3CCC(C)CC3)cc2)n1. The normalized spacial score (nSPS) is 17.0. The fourth-order valence-corrected chi connectivity index (χ4v) is 5.04. The standard InChI is InChI=1S/C21H29N3OS2/c1-15-8-10-24(11-9-15)17(3)12-22-20(25)19-6-4-18(5-7-19)14-27-21-23-16(2)13-26-21/h4-7,13,15,17H,8-12,14H2,1-3H3,(H,22,25). The van der Waals surface area contributed by atoms with Crippen LogP contribution in [0, 0.1) is 12.8 Å². The molecule has 1 atom stereocenters. The highest BCUT2D eigenvalue weighted by Gasteiger charge is 2.20. The number of piperidine rings is 1. The van der Waals surface area contributed by atoms with Gasteiger partial charge in [-0.3, -0.25) is 9.69 Å². The molecule has 1 aromatic heterocycles. The van der Waals surface area contributed by atoms with Gasteiger partial charge in [0.15, 0.2) is 0 Å². The average Bonchev–Trinajstić information content (AvgIpc) is 3.10. The highest BCUT2D eigenvalue weighted by Crippen LogP contribution is 2.26. The van der Waals surface area contributed by atoms with E-state index >= 15 is 0 Å². The minimum atomic E-state index is 0.0157. The van der Waals surface area contributed by atoms with Crippen LogP contribution in [0.25, 0.3) is 0 Å². The molecule has 1 saturated heterocycles. The van der Waals surface area contributed by atoms with Crippen LogP contribution in [0.5, 0.6) is 0 Å². The number of aryl methyl sites for hydroxylation is 1. The molecule has 1 amide bonds. The number of amides is 1. The van der Waals surface area contributed by atoms with Crippen molar-refractivity contribution in [3.05, 3.63) is 46.5 Å². The number of likely N-dealkylation sites (tertiary alicyclic amines) is 1. The van der Waals surface area contributed by atoms with E-state index in [9.17, 15) is 4.79 Å². The summed E-state index contributed by atoms with van der Waals surface area (Å²) in [4.78, 5) is 19.4. The number of aromatic nitrogens is 1. The first kappa shape index (κ1) is 20.4. The first-order valence-corrected chi connectivity index (χ1v) is 11.5. The van der Waals surface area contributed by atoms with E-state index in [1.54, 1.807) is 23.1 Å². The molecule has 1 aliphatic rings. The highest BCUT2D eigenvalue weighted by atomic mass is 32.2. The van der Waals surface area contributed by atoms with Gasteiger partial charge >= 0.3 is 0 Å². The maximum atomic E-state index is 12.4. The third-order valence-corrected chi connectivity index (χ3v) is 7.39. The van der Waals surface area contributed by atoms with E-state index in [2.05, 4.69) is 34.4 Å². The van der Waals surface area contributed by atoms with Crippen LogP contribution in [-0.2, 0) is 5.75 Å². The second-order valence-corrected chi connectivity index (χ2v) is 9.60. The first-order valence-electron chi connectivity index (χ1n) is 9.67. The molecule has 6 heteroatoms. The smallest absolute Gasteiger partial charge is 0.251 e. The molecule has 0 aliphatic carbocycles. The third kappa shape index (κ3) is 6.06. The highest BCUT2D eigenvalue weighted by molar-refractivity contribution is 8.00. The Labute approximate surface area is 170 Å². The lowest BCUT2D eigenvalue weighted by Gasteiger charge is -2.35. The van der Waals surface area contributed by atoms with Crippen LogP contribution in [-0.4, -0.2) is 41.5 Å². The minimum absolute atomic E-state index is 0.0157. The van der Waals surface area contributed by atoms with Gasteiger partial charge in [0.25, 0.3) is 5.91 Å². The Kier molecular flexibility index (Phi) is 7.33. The summed E-state index contributed by atoms with van der Waals surface area (Å²) in [5.41, 5.74) is 3.01. The quantitative estimate of drug-likeness (QED) is 0.687. The van der Waals surface area contributed by atoms with Gasteiger partial charge in [-0.1, -0.05) is 30.8 Å². The Morgan fingerprint density at radius 2 is 2.04 bits per heavy atom. The molecule has 1 aliphatic heterocycles. The Bertz CT molecular complexity index is 736. The van der Waals surface area contributed by atoms with Crippen molar-refractivity contribution in [3.63, 3.8) is 0 Å². The summed E-state index contributed by atoms with van der Waals surface area (Å²) in [6.07, 6.45) is 2.52. The average molecular weight is 404 g/mol. The summed E-state index contributed by atoms with van der Waals surface area (Å²) < 4.78 is 1.09. The van der Waals surface area contributed by atoms with Gasteiger partial charge in [0.2, 0.25) is 0 Å². The lowest BCUT2D eigenvalue weighted by atomic mass is 9.98. The van der Waals surface area contributed by atoms with Crippen molar-refractivity contribution >= 4 is 29.0 Å². The van der Waals surface area contributed by atoms with Gasteiger partial charge in [0.1, 0.15) is 4.34 Å².